The summed E-state index contributed by atoms with van der Waals surface area (Å²) < 4.78 is 26.1. The first-order valence-corrected chi connectivity index (χ1v) is 6.83. The number of nitrogens with one attached hydrogen (secondary N) is 2. The minimum Gasteiger partial charge on any atom is -0.352 e. The lowest BCUT2D eigenvalue weighted by atomic mass is 10.0. The second-order valence-corrected chi connectivity index (χ2v) is 5.53. The Hall–Kier alpha value is -1.49. The Morgan fingerprint density at radius 2 is 2.20 bits per heavy atom. The van der Waals surface area contributed by atoms with E-state index in [0.29, 0.717) is 6.42 Å². The van der Waals surface area contributed by atoms with E-state index >= 15 is 0 Å². The third-order valence-corrected chi connectivity index (χ3v) is 3.60. The van der Waals surface area contributed by atoms with Crippen molar-refractivity contribution in [1.82, 2.24) is 10.6 Å². The van der Waals surface area contributed by atoms with Crippen LogP contribution < -0.4 is 10.6 Å². The molecule has 1 aliphatic rings. The molecule has 0 aliphatic carbocycles. The van der Waals surface area contributed by atoms with Crippen LogP contribution in [-0.2, 0) is 11.2 Å². The second kappa shape index (κ2) is 5.87. The van der Waals surface area contributed by atoms with Gasteiger partial charge in [-0.2, -0.15) is 0 Å². The molecule has 2 atom stereocenters. The number of hydrogen-bond donors (Lipinski definition) is 2. The van der Waals surface area contributed by atoms with Crippen LogP contribution in [0.25, 0.3) is 0 Å². The molecule has 2 N–H and O–H groups in total. The molecular formula is C15H20F2N2O. The summed E-state index contributed by atoms with van der Waals surface area (Å²) in [5.74, 6) is -3.12. The van der Waals surface area contributed by atoms with E-state index in [2.05, 4.69) is 10.6 Å². The molecule has 2 rings (SSSR count). The van der Waals surface area contributed by atoms with Gasteiger partial charge in [-0.05, 0) is 31.4 Å². The van der Waals surface area contributed by atoms with Gasteiger partial charge in [0, 0.05) is 12.5 Å². The number of carbonyl (C=O) groups excluding carboxylic acids is 1. The molecule has 0 radical (unpaired) electrons. The third-order valence-electron chi connectivity index (χ3n) is 3.60. The van der Waals surface area contributed by atoms with Crippen molar-refractivity contribution in [3.63, 3.8) is 0 Å². The van der Waals surface area contributed by atoms with Crippen LogP contribution in [0.3, 0.4) is 0 Å². The first-order chi connectivity index (χ1) is 9.37. The quantitative estimate of drug-likeness (QED) is 0.887. The van der Waals surface area contributed by atoms with Crippen molar-refractivity contribution in [3.05, 3.63) is 35.4 Å². The molecule has 1 amide bonds. The number of alkyl halides is 2. The number of benzene rings is 1. The number of hydrogen-bond acceptors (Lipinski definition) is 2. The molecule has 0 aromatic heterocycles. The fraction of sp³-hybridized carbons (Fsp3) is 0.533. The van der Waals surface area contributed by atoms with E-state index in [4.69, 9.17) is 0 Å². The first kappa shape index (κ1) is 14.9. The Balaban J connectivity index is 1.87. The van der Waals surface area contributed by atoms with Crippen LogP contribution in [0.2, 0.25) is 0 Å². The number of halogens is 2. The standard InChI is InChI=1S/C15H20F2N2O/c1-10-5-3-4-6-12(10)7-11(2)19-14(20)13-8-15(16,17)9-18-13/h3-6,11,13,18H,7-9H2,1-2H3,(H,19,20). The first-order valence-electron chi connectivity index (χ1n) is 6.83. The van der Waals surface area contributed by atoms with Crippen LogP contribution in [0.5, 0.6) is 0 Å². The van der Waals surface area contributed by atoms with Crippen molar-refractivity contribution in [2.75, 3.05) is 6.54 Å². The Kier molecular flexibility index (Phi) is 4.38. The van der Waals surface area contributed by atoms with Gasteiger partial charge in [0.25, 0.3) is 5.92 Å². The van der Waals surface area contributed by atoms with E-state index in [9.17, 15) is 13.6 Å². The lowest BCUT2D eigenvalue weighted by Gasteiger charge is -2.18. The Morgan fingerprint density at radius 3 is 2.80 bits per heavy atom. The fourth-order valence-electron chi connectivity index (χ4n) is 2.46. The molecule has 20 heavy (non-hydrogen) atoms. The van der Waals surface area contributed by atoms with Crippen molar-refractivity contribution in [1.29, 1.82) is 0 Å². The minimum absolute atomic E-state index is 0.0837. The lowest BCUT2D eigenvalue weighted by molar-refractivity contribution is -0.124. The molecule has 3 nitrogen and oxygen atoms in total. The van der Waals surface area contributed by atoms with Gasteiger partial charge in [-0.3, -0.25) is 10.1 Å². The number of aryl methyl sites for hydroxylation is 1. The Labute approximate surface area is 117 Å². The molecule has 0 bridgehead atoms. The Morgan fingerprint density at radius 1 is 1.50 bits per heavy atom. The van der Waals surface area contributed by atoms with Gasteiger partial charge in [-0.1, -0.05) is 24.3 Å². The Bertz CT molecular complexity index is 491. The monoisotopic (exact) mass is 282 g/mol. The van der Waals surface area contributed by atoms with E-state index in [1.54, 1.807) is 0 Å². The van der Waals surface area contributed by atoms with Crippen molar-refractivity contribution in [2.24, 2.45) is 0 Å². The van der Waals surface area contributed by atoms with Gasteiger partial charge in [0.2, 0.25) is 5.91 Å². The van der Waals surface area contributed by atoms with E-state index < -0.39 is 24.9 Å². The summed E-state index contributed by atoms with van der Waals surface area (Å²) >= 11 is 0. The third kappa shape index (κ3) is 3.76. The fourth-order valence-corrected chi connectivity index (χ4v) is 2.46. The van der Waals surface area contributed by atoms with Crippen LogP contribution in [0.15, 0.2) is 24.3 Å². The van der Waals surface area contributed by atoms with Gasteiger partial charge >= 0.3 is 0 Å². The number of carbonyl (C=O) groups is 1. The van der Waals surface area contributed by atoms with E-state index in [1.165, 1.54) is 5.56 Å². The summed E-state index contributed by atoms with van der Waals surface area (Å²) in [5.41, 5.74) is 2.32. The summed E-state index contributed by atoms with van der Waals surface area (Å²) in [6.07, 6.45) is 0.275. The normalized spacial score (nSPS) is 22.5. The minimum atomic E-state index is -2.78. The van der Waals surface area contributed by atoms with E-state index in [0.717, 1.165) is 5.56 Å². The largest absolute Gasteiger partial charge is 0.352 e. The molecule has 1 saturated heterocycles. The van der Waals surface area contributed by atoms with E-state index in [-0.39, 0.29) is 11.9 Å². The number of rotatable bonds is 4. The highest BCUT2D eigenvalue weighted by molar-refractivity contribution is 5.82. The van der Waals surface area contributed by atoms with E-state index in [1.807, 2.05) is 38.1 Å². The maximum Gasteiger partial charge on any atom is 0.262 e. The summed E-state index contributed by atoms with van der Waals surface area (Å²) in [4.78, 5) is 11.9. The van der Waals surface area contributed by atoms with Crippen LogP contribution in [0, 0.1) is 6.92 Å². The zero-order valence-electron chi connectivity index (χ0n) is 11.7. The molecule has 1 aliphatic heterocycles. The zero-order valence-corrected chi connectivity index (χ0v) is 11.7. The van der Waals surface area contributed by atoms with Gasteiger partial charge in [-0.25, -0.2) is 8.78 Å². The molecule has 0 saturated carbocycles. The van der Waals surface area contributed by atoms with Crippen molar-refractivity contribution >= 4 is 5.91 Å². The van der Waals surface area contributed by atoms with Crippen LogP contribution >= 0.6 is 0 Å². The average molecular weight is 282 g/mol. The molecule has 0 spiro atoms. The predicted octanol–water partition coefficient (Wildman–Crippen LogP) is 2.04. The maximum atomic E-state index is 13.0. The topological polar surface area (TPSA) is 41.1 Å². The molecule has 110 valence electrons. The smallest absolute Gasteiger partial charge is 0.262 e. The second-order valence-electron chi connectivity index (χ2n) is 5.53. The van der Waals surface area contributed by atoms with Gasteiger partial charge in [0.15, 0.2) is 0 Å². The molecule has 1 aromatic carbocycles. The van der Waals surface area contributed by atoms with Gasteiger partial charge in [-0.15, -0.1) is 0 Å². The predicted molar refractivity (Wildman–Crippen MR) is 73.8 cm³/mol. The summed E-state index contributed by atoms with van der Waals surface area (Å²) in [6, 6.07) is 7.08. The summed E-state index contributed by atoms with van der Waals surface area (Å²) in [5, 5.41) is 5.37. The zero-order chi connectivity index (χ0) is 14.8. The summed E-state index contributed by atoms with van der Waals surface area (Å²) in [6.45, 7) is 3.48. The van der Waals surface area contributed by atoms with Crippen LogP contribution in [-0.4, -0.2) is 30.5 Å². The highest BCUT2D eigenvalue weighted by atomic mass is 19.3. The molecule has 2 unspecified atom stereocenters. The summed E-state index contributed by atoms with van der Waals surface area (Å²) in [7, 11) is 0. The van der Waals surface area contributed by atoms with Gasteiger partial charge in [0.1, 0.15) is 0 Å². The maximum absolute atomic E-state index is 13.0. The van der Waals surface area contributed by atoms with Crippen LogP contribution in [0.1, 0.15) is 24.5 Å². The van der Waals surface area contributed by atoms with Crippen molar-refractivity contribution < 1.29 is 13.6 Å². The number of amides is 1. The highest BCUT2D eigenvalue weighted by Gasteiger charge is 2.42. The van der Waals surface area contributed by atoms with Crippen molar-refractivity contribution in [2.45, 2.75) is 44.7 Å². The van der Waals surface area contributed by atoms with Gasteiger partial charge in [0.05, 0.1) is 12.6 Å². The molecule has 1 fully saturated rings. The molecule has 1 heterocycles. The lowest BCUT2D eigenvalue weighted by Crippen LogP contribution is -2.44. The molecule has 1 aromatic rings. The SMILES string of the molecule is Cc1ccccc1CC(C)NC(=O)C1CC(F)(F)CN1. The highest BCUT2D eigenvalue weighted by Crippen LogP contribution is 2.25. The van der Waals surface area contributed by atoms with Gasteiger partial charge < -0.3 is 5.32 Å². The molecule has 5 heteroatoms. The van der Waals surface area contributed by atoms with Crippen LogP contribution in [0.4, 0.5) is 8.78 Å². The average Bonchev–Trinajstić information content (AvgIpc) is 2.73. The van der Waals surface area contributed by atoms with Crippen molar-refractivity contribution in [3.8, 4) is 0 Å². The molecular weight excluding hydrogens is 262 g/mol.